The standard InChI is InChI=1S/C16H25NO2/c1-11(15(18)19)10-14(17-5)12-6-8-13(9-7-12)16(2,3)4/h6-9,11,14,17H,10H2,1-5H3,(H,18,19). The number of carbonyl (C=O) groups is 1. The van der Waals surface area contributed by atoms with E-state index in [4.69, 9.17) is 5.11 Å². The van der Waals surface area contributed by atoms with E-state index in [1.807, 2.05) is 7.05 Å². The predicted molar refractivity (Wildman–Crippen MR) is 78.4 cm³/mol. The zero-order chi connectivity index (χ0) is 14.6. The third-order valence-corrected chi connectivity index (χ3v) is 3.54. The van der Waals surface area contributed by atoms with Gasteiger partial charge in [0, 0.05) is 6.04 Å². The lowest BCUT2D eigenvalue weighted by molar-refractivity contribution is -0.141. The molecule has 0 saturated heterocycles. The van der Waals surface area contributed by atoms with Crippen LogP contribution in [0.15, 0.2) is 24.3 Å². The molecule has 0 spiro atoms. The summed E-state index contributed by atoms with van der Waals surface area (Å²) in [5.41, 5.74) is 2.57. The van der Waals surface area contributed by atoms with Gasteiger partial charge in [0.15, 0.2) is 0 Å². The summed E-state index contributed by atoms with van der Waals surface area (Å²) in [6, 6.07) is 8.53. The first-order valence-electron chi connectivity index (χ1n) is 6.76. The van der Waals surface area contributed by atoms with E-state index in [-0.39, 0.29) is 17.4 Å². The molecule has 2 N–H and O–H groups in total. The van der Waals surface area contributed by atoms with E-state index >= 15 is 0 Å². The van der Waals surface area contributed by atoms with E-state index in [0.29, 0.717) is 6.42 Å². The number of carboxylic acid groups (broad SMARTS) is 1. The molecule has 3 heteroatoms. The number of nitrogens with one attached hydrogen (secondary N) is 1. The average Bonchev–Trinajstić information content (AvgIpc) is 2.34. The lowest BCUT2D eigenvalue weighted by Crippen LogP contribution is -2.22. The van der Waals surface area contributed by atoms with Crippen LogP contribution in [0.4, 0.5) is 0 Å². The molecule has 0 aliphatic carbocycles. The largest absolute Gasteiger partial charge is 0.481 e. The molecular weight excluding hydrogens is 238 g/mol. The Labute approximate surface area is 116 Å². The third kappa shape index (κ3) is 4.35. The summed E-state index contributed by atoms with van der Waals surface area (Å²) in [5.74, 6) is -1.09. The highest BCUT2D eigenvalue weighted by atomic mass is 16.4. The molecule has 1 aromatic carbocycles. The maximum absolute atomic E-state index is 10.9. The smallest absolute Gasteiger partial charge is 0.306 e. The molecule has 19 heavy (non-hydrogen) atoms. The van der Waals surface area contributed by atoms with Crippen molar-refractivity contribution in [1.29, 1.82) is 0 Å². The molecule has 0 amide bonds. The van der Waals surface area contributed by atoms with Crippen molar-refractivity contribution in [3.63, 3.8) is 0 Å². The van der Waals surface area contributed by atoms with Crippen molar-refractivity contribution in [2.24, 2.45) is 5.92 Å². The number of carboxylic acids is 1. The van der Waals surface area contributed by atoms with Crippen molar-refractivity contribution in [2.75, 3.05) is 7.05 Å². The average molecular weight is 263 g/mol. The topological polar surface area (TPSA) is 49.3 Å². The van der Waals surface area contributed by atoms with E-state index < -0.39 is 5.97 Å². The first-order chi connectivity index (χ1) is 8.75. The molecule has 0 heterocycles. The quantitative estimate of drug-likeness (QED) is 0.856. The fraction of sp³-hybridized carbons (Fsp3) is 0.562. The van der Waals surface area contributed by atoms with Gasteiger partial charge in [0.1, 0.15) is 0 Å². The lowest BCUT2D eigenvalue weighted by Gasteiger charge is -2.22. The molecule has 0 radical (unpaired) electrons. The van der Waals surface area contributed by atoms with Crippen LogP contribution in [0.5, 0.6) is 0 Å². The summed E-state index contributed by atoms with van der Waals surface area (Å²) in [6.45, 7) is 8.30. The first-order valence-corrected chi connectivity index (χ1v) is 6.76. The number of hydrogen-bond donors (Lipinski definition) is 2. The highest BCUT2D eigenvalue weighted by molar-refractivity contribution is 5.69. The van der Waals surface area contributed by atoms with E-state index in [9.17, 15) is 4.79 Å². The van der Waals surface area contributed by atoms with Gasteiger partial charge in [-0.15, -0.1) is 0 Å². The molecule has 1 rings (SSSR count). The lowest BCUT2D eigenvalue weighted by atomic mass is 9.85. The fourth-order valence-electron chi connectivity index (χ4n) is 2.09. The molecule has 0 aliphatic heterocycles. The summed E-state index contributed by atoms with van der Waals surface area (Å²) >= 11 is 0. The second-order valence-electron chi connectivity index (χ2n) is 6.19. The molecule has 0 bridgehead atoms. The molecule has 2 unspecified atom stereocenters. The van der Waals surface area contributed by atoms with E-state index in [1.165, 1.54) is 5.56 Å². The number of aliphatic carboxylic acids is 1. The van der Waals surface area contributed by atoms with Crippen molar-refractivity contribution in [3.05, 3.63) is 35.4 Å². The Kier molecular flexibility index (Phi) is 5.12. The Morgan fingerprint density at radius 2 is 1.79 bits per heavy atom. The third-order valence-electron chi connectivity index (χ3n) is 3.54. The summed E-state index contributed by atoms with van der Waals surface area (Å²) in [5, 5.41) is 12.2. The van der Waals surface area contributed by atoms with Crippen LogP contribution in [0.2, 0.25) is 0 Å². The van der Waals surface area contributed by atoms with E-state index in [2.05, 4.69) is 50.4 Å². The Balaban J connectivity index is 2.85. The number of benzene rings is 1. The summed E-state index contributed by atoms with van der Waals surface area (Å²) in [6.07, 6.45) is 0.598. The fourth-order valence-corrected chi connectivity index (χ4v) is 2.09. The first kappa shape index (κ1) is 15.7. The zero-order valence-electron chi connectivity index (χ0n) is 12.5. The minimum absolute atomic E-state index is 0.0834. The van der Waals surface area contributed by atoms with Gasteiger partial charge in [-0.25, -0.2) is 0 Å². The van der Waals surface area contributed by atoms with E-state index in [0.717, 1.165) is 5.56 Å². The van der Waals surface area contributed by atoms with Crippen molar-refractivity contribution < 1.29 is 9.90 Å². The highest BCUT2D eigenvalue weighted by Crippen LogP contribution is 2.26. The van der Waals surface area contributed by atoms with Crippen molar-refractivity contribution in [3.8, 4) is 0 Å². The van der Waals surface area contributed by atoms with Crippen LogP contribution in [-0.2, 0) is 10.2 Å². The Bertz CT molecular complexity index is 417. The van der Waals surface area contributed by atoms with Crippen LogP contribution < -0.4 is 5.32 Å². The molecule has 2 atom stereocenters. The van der Waals surface area contributed by atoms with Crippen molar-refractivity contribution in [1.82, 2.24) is 5.32 Å². The van der Waals surface area contributed by atoms with Gasteiger partial charge in [0.25, 0.3) is 0 Å². The molecule has 0 aliphatic rings. The van der Waals surface area contributed by atoms with Gasteiger partial charge in [-0.2, -0.15) is 0 Å². The van der Waals surface area contributed by atoms with Gasteiger partial charge in [0.05, 0.1) is 5.92 Å². The van der Waals surface area contributed by atoms with Crippen LogP contribution in [-0.4, -0.2) is 18.1 Å². The van der Waals surface area contributed by atoms with E-state index in [1.54, 1.807) is 6.92 Å². The normalized spacial score (nSPS) is 15.0. The SMILES string of the molecule is CNC(CC(C)C(=O)O)c1ccc(C(C)(C)C)cc1. The maximum atomic E-state index is 10.9. The predicted octanol–water partition coefficient (Wildman–Crippen LogP) is 3.36. The molecule has 0 saturated carbocycles. The van der Waals surface area contributed by atoms with Crippen LogP contribution in [0, 0.1) is 5.92 Å². The minimum atomic E-state index is -0.744. The van der Waals surface area contributed by atoms with Gasteiger partial charge in [0.2, 0.25) is 0 Å². The van der Waals surface area contributed by atoms with Crippen LogP contribution in [0.1, 0.15) is 51.3 Å². The number of hydrogen-bond acceptors (Lipinski definition) is 2. The van der Waals surface area contributed by atoms with Gasteiger partial charge >= 0.3 is 5.97 Å². The Hall–Kier alpha value is -1.35. The minimum Gasteiger partial charge on any atom is -0.481 e. The second kappa shape index (κ2) is 6.20. The van der Waals surface area contributed by atoms with Crippen LogP contribution in [0.3, 0.4) is 0 Å². The molecule has 0 fully saturated rings. The van der Waals surface area contributed by atoms with Gasteiger partial charge in [-0.3, -0.25) is 4.79 Å². The molecular formula is C16H25NO2. The molecule has 3 nitrogen and oxygen atoms in total. The van der Waals surface area contributed by atoms with Gasteiger partial charge < -0.3 is 10.4 Å². The molecule has 1 aromatic rings. The monoisotopic (exact) mass is 263 g/mol. The summed E-state index contributed by atoms with van der Waals surface area (Å²) in [4.78, 5) is 10.9. The van der Waals surface area contributed by atoms with Gasteiger partial charge in [-0.1, -0.05) is 52.0 Å². The van der Waals surface area contributed by atoms with Crippen molar-refractivity contribution >= 4 is 5.97 Å². The summed E-state index contributed by atoms with van der Waals surface area (Å²) in [7, 11) is 1.87. The zero-order valence-corrected chi connectivity index (χ0v) is 12.5. The van der Waals surface area contributed by atoms with Crippen LogP contribution in [0.25, 0.3) is 0 Å². The number of rotatable bonds is 5. The Morgan fingerprint density at radius 1 is 1.26 bits per heavy atom. The van der Waals surface area contributed by atoms with Crippen LogP contribution >= 0.6 is 0 Å². The maximum Gasteiger partial charge on any atom is 0.306 e. The Morgan fingerprint density at radius 3 is 2.16 bits per heavy atom. The highest BCUT2D eigenvalue weighted by Gasteiger charge is 2.19. The molecule has 0 aromatic heterocycles. The summed E-state index contributed by atoms with van der Waals surface area (Å²) < 4.78 is 0. The van der Waals surface area contributed by atoms with Crippen molar-refractivity contribution in [2.45, 2.75) is 45.6 Å². The molecule has 106 valence electrons. The second-order valence-corrected chi connectivity index (χ2v) is 6.19. The van der Waals surface area contributed by atoms with Gasteiger partial charge in [-0.05, 0) is 30.0 Å².